The molecule has 4 heteroatoms. The molecule has 0 bridgehead atoms. The van der Waals surface area contributed by atoms with E-state index in [0.717, 1.165) is 75.6 Å². The zero-order chi connectivity index (χ0) is 27.4. The quantitative estimate of drug-likeness (QED) is 0.269. The fourth-order valence-corrected chi connectivity index (χ4v) is 5.36. The molecule has 206 valence electrons. The van der Waals surface area contributed by atoms with E-state index in [1.54, 1.807) is 0 Å². The van der Waals surface area contributed by atoms with Crippen LogP contribution in [0.1, 0.15) is 133 Å². The molecule has 2 aliphatic rings. The zero-order valence-corrected chi connectivity index (χ0v) is 25.4. The van der Waals surface area contributed by atoms with Gasteiger partial charge in [-0.3, -0.25) is 9.59 Å². The third kappa shape index (κ3) is 8.48. The minimum atomic E-state index is -0.0301. The van der Waals surface area contributed by atoms with E-state index in [1.165, 1.54) is 0 Å². The Morgan fingerprint density at radius 3 is 1.25 bits per heavy atom. The van der Waals surface area contributed by atoms with Crippen LogP contribution in [-0.2, 0) is 9.59 Å². The van der Waals surface area contributed by atoms with Crippen LogP contribution in [0.25, 0.3) is 0 Å². The first kappa shape index (κ1) is 30.6. The second-order valence-corrected chi connectivity index (χ2v) is 14.5. The number of hydrogen-bond acceptors (Lipinski definition) is 4. The fraction of sp³-hybridized carbons (Fsp3) is 0.812. The van der Waals surface area contributed by atoms with Gasteiger partial charge in [0.05, 0.1) is 0 Å². The molecule has 0 aromatic carbocycles. The van der Waals surface area contributed by atoms with Gasteiger partial charge in [0.1, 0.15) is 0 Å². The maximum atomic E-state index is 13.0. The van der Waals surface area contributed by atoms with Gasteiger partial charge in [-0.05, 0) is 78.1 Å². The van der Waals surface area contributed by atoms with E-state index in [4.69, 9.17) is 0 Å². The first-order chi connectivity index (χ1) is 16.4. The molecule has 0 radical (unpaired) electrons. The van der Waals surface area contributed by atoms with Gasteiger partial charge < -0.3 is 9.80 Å². The smallest absolute Gasteiger partial charge is 0.160 e. The van der Waals surface area contributed by atoms with Crippen molar-refractivity contribution in [2.45, 2.75) is 145 Å². The van der Waals surface area contributed by atoms with Crippen LogP contribution in [0.2, 0.25) is 0 Å². The van der Waals surface area contributed by atoms with Crippen molar-refractivity contribution in [2.75, 3.05) is 13.1 Å². The molecule has 0 spiro atoms. The summed E-state index contributed by atoms with van der Waals surface area (Å²) in [6, 6.07) is 0. The lowest BCUT2D eigenvalue weighted by Gasteiger charge is -2.43. The average molecular weight is 501 g/mol. The van der Waals surface area contributed by atoms with Crippen molar-refractivity contribution in [2.24, 2.45) is 10.8 Å². The number of carbonyl (C=O) groups is 2. The van der Waals surface area contributed by atoms with Gasteiger partial charge in [0.2, 0.25) is 0 Å². The molecule has 0 saturated heterocycles. The molecule has 2 rings (SSSR count). The third-order valence-electron chi connectivity index (χ3n) is 8.37. The van der Waals surface area contributed by atoms with Crippen molar-refractivity contribution in [3.05, 3.63) is 23.5 Å². The van der Waals surface area contributed by atoms with Crippen molar-refractivity contribution < 1.29 is 9.59 Å². The summed E-state index contributed by atoms with van der Waals surface area (Å²) in [5.41, 5.74) is 2.06. The molecule has 36 heavy (non-hydrogen) atoms. The summed E-state index contributed by atoms with van der Waals surface area (Å²) >= 11 is 0. The normalized spacial score (nSPS) is 20.2. The van der Waals surface area contributed by atoms with Gasteiger partial charge in [-0.1, -0.05) is 53.4 Å². The Kier molecular flexibility index (Phi) is 10.1. The molecule has 0 aliphatic carbocycles. The number of rotatable bonds is 11. The maximum absolute atomic E-state index is 13.0. The number of hydrogen-bond donors (Lipinski definition) is 0. The summed E-state index contributed by atoms with van der Waals surface area (Å²) in [7, 11) is 0. The van der Waals surface area contributed by atoms with E-state index < -0.39 is 0 Å². The maximum Gasteiger partial charge on any atom is 0.160 e. The van der Waals surface area contributed by atoms with Gasteiger partial charge >= 0.3 is 0 Å². The number of unbranched alkanes of at least 4 members (excludes halogenated alkanes) is 5. The van der Waals surface area contributed by atoms with E-state index in [0.29, 0.717) is 24.4 Å². The van der Waals surface area contributed by atoms with E-state index in [1.807, 2.05) is 0 Å². The van der Waals surface area contributed by atoms with Crippen molar-refractivity contribution in [1.82, 2.24) is 9.80 Å². The van der Waals surface area contributed by atoms with E-state index in [2.05, 4.69) is 91.4 Å². The average Bonchev–Trinajstić information content (AvgIpc) is 2.72. The molecule has 0 saturated carbocycles. The molecule has 4 nitrogen and oxygen atoms in total. The number of ketones is 2. The van der Waals surface area contributed by atoms with E-state index >= 15 is 0 Å². The van der Waals surface area contributed by atoms with Crippen LogP contribution < -0.4 is 0 Å². The van der Waals surface area contributed by atoms with Gasteiger partial charge in [-0.15, -0.1) is 0 Å². The molecule has 2 aliphatic heterocycles. The lowest BCUT2D eigenvalue weighted by atomic mass is 9.75. The third-order valence-corrected chi connectivity index (χ3v) is 8.37. The highest BCUT2D eigenvalue weighted by molar-refractivity contribution is 5.97. The highest BCUT2D eigenvalue weighted by Gasteiger charge is 2.36. The van der Waals surface area contributed by atoms with Crippen LogP contribution in [0.4, 0.5) is 0 Å². The van der Waals surface area contributed by atoms with Crippen LogP contribution >= 0.6 is 0 Å². The molecule has 0 amide bonds. The number of Topliss-reactive ketones (excluding diaryl/α,β-unsaturated/α-hetero) is 2. The summed E-state index contributed by atoms with van der Waals surface area (Å²) in [4.78, 5) is 30.7. The van der Waals surface area contributed by atoms with Gasteiger partial charge in [0.25, 0.3) is 0 Å². The van der Waals surface area contributed by atoms with Gasteiger partial charge in [-0.25, -0.2) is 0 Å². The summed E-state index contributed by atoms with van der Waals surface area (Å²) in [6.07, 6.45) is 14.1. The van der Waals surface area contributed by atoms with E-state index in [9.17, 15) is 9.59 Å². The Bertz CT molecular complexity index is 763. The predicted molar refractivity (Wildman–Crippen MR) is 153 cm³/mol. The molecule has 0 aromatic heterocycles. The second-order valence-electron chi connectivity index (χ2n) is 14.5. The van der Waals surface area contributed by atoms with Crippen LogP contribution in [0, 0.1) is 10.8 Å². The molecule has 0 unspecified atom stereocenters. The van der Waals surface area contributed by atoms with Gasteiger partial charge in [0.15, 0.2) is 11.6 Å². The Morgan fingerprint density at radius 1 is 0.639 bits per heavy atom. The number of carbonyl (C=O) groups excluding carboxylic acids is 2. The minimum absolute atomic E-state index is 0.0301. The first-order valence-corrected chi connectivity index (χ1v) is 14.5. The first-order valence-electron chi connectivity index (χ1n) is 14.5. The SMILES string of the molecule is CC1(C)CCN(C(C)(C)C)C=C1C(=O)CCCCCCCCC(=O)C1=CN(C(C)(C)C)CCC1(C)C. The largest absolute Gasteiger partial charge is 0.372 e. The molecule has 0 fully saturated rings. The Morgan fingerprint density at radius 2 is 0.944 bits per heavy atom. The predicted octanol–water partition coefficient (Wildman–Crippen LogP) is 8.07. The number of allylic oxidation sites excluding steroid dienone is 2. The molecular weight excluding hydrogens is 444 g/mol. The van der Waals surface area contributed by atoms with Crippen LogP contribution in [0.15, 0.2) is 23.5 Å². The monoisotopic (exact) mass is 500 g/mol. The Balaban J connectivity index is 1.72. The summed E-state index contributed by atoms with van der Waals surface area (Å²) in [5.74, 6) is 0.652. The molecule has 2 heterocycles. The highest BCUT2D eigenvalue weighted by atomic mass is 16.1. The van der Waals surface area contributed by atoms with Crippen molar-refractivity contribution in [3.63, 3.8) is 0 Å². The highest BCUT2D eigenvalue weighted by Crippen LogP contribution is 2.39. The summed E-state index contributed by atoms with van der Waals surface area (Å²) < 4.78 is 0. The topological polar surface area (TPSA) is 40.6 Å². The van der Waals surface area contributed by atoms with Gasteiger partial charge in [0, 0.05) is 60.6 Å². The fourth-order valence-electron chi connectivity index (χ4n) is 5.36. The van der Waals surface area contributed by atoms with Crippen LogP contribution in [0.5, 0.6) is 0 Å². The molecule has 0 aromatic rings. The molecule has 0 atom stereocenters. The van der Waals surface area contributed by atoms with Crippen LogP contribution in [0.3, 0.4) is 0 Å². The lowest BCUT2D eigenvalue weighted by Crippen LogP contribution is -2.44. The molecule has 0 N–H and O–H groups in total. The summed E-state index contributed by atoms with van der Waals surface area (Å²) in [6.45, 7) is 24.2. The van der Waals surface area contributed by atoms with Crippen molar-refractivity contribution >= 4 is 11.6 Å². The van der Waals surface area contributed by atoms with E-state index in [-0.39, 0.29) is 21.9 Å². The number of nitrogens with zero attached hydrogens (tertiary/aromatic N) is 2. The summed E-state index contributed by atoms with van der Waals surface area (Å²) in [5, 5.41) is 0. The van der Waals surface area contributed by atoms with Gasteiger partial charge in [-0.2, -0.15) is 0 Å². The minimum Gasteiger partial charge on any atom is -0.372 e. The zero-order valence-electron chi connectivity index (χ0n) is 25.4. The van der Waals surface area contributed by atoms with Crippen molar-refractivity contribution in [1.29, 1.82) is 0 Å². The Hall–Kier alpha value is -1.58. The Labute approximate surface area is 223 Å². The second kappa shape index (κ2) is 11.9. The lowest BCUT2D eigenvalue weighted by molar-refractivity contribution is -0.118. The van der Waals surface area contributed by atoms with Crippen molar-refractivity contribution in [3.8, 4) is 0 Å². The molecular formula is C32H56N2O2. The van der Waals surface area contributed by atoms with Crippen LogP contribution in [-0.4, -0.2) is 45.5 Å². The standard InChI is InChI=1S/C32H56N2O2/c1-29(2,3)33-21-19-31(7,8)25(23-33)27(35)17-15-13-11-12-14-16-18-28(36)26-24-34(30(4,5)6)22-20-32(26,9)10/h23-24H,11-22H2,1-10H3.